The number of phenols is 3. The Kier molecular flexibility index (Phi) is 5.54. The van der Waals surface area contributed by atoms with Gasteiger partial charge in [0, 0.05) is 23.3 Å². The maximum Gasteiger partial charge on any atom is 0.202 e. The number of Topliss-reactive ketones (excluding diaryl/α,β-unsaturated/α-hetero) is 1. The predicted octanol–water partition coefficient (Wildman–Crippen LogP) is 2.36. The third-order valence-electron chi connectivity index (χ3n) is 6.01. The molecule has 3 aromatic rings. The van der Waals surface area contributed by atoms with Crippen molar-refractivity contribution >= 4 is 5.78 Å². The molecule has 182 valence electrons. The van der Waals surface area contributed by atoms with E-state index in [4.69, 9.17) is 18.9 Å². The molecule has 2 heterocycles. The van der Waals surface area contributed by atoms with E-state index < -0.39 is 42.6 Å². The van der Waals surface area contributed by atoms with Gasteiger partial charge in [-0.05, 0) is 18.2 Å². The Morgan fingerprint density at radius 2 is 1.69 bits per heavy atom. The van der Waals surface area contributed by atoms with Gasteiger partial charge in [-0.2, -0.15) is 0 Å². The van der Waals surface area contributed by atoms with Crippen molar-refractivity contribution in [2.24, 2.45) is 0 Å². The second-order valence-corrected chi connectivity index (χ2v) is 8.17. The molecule has 3 aromatic carbocycles. The predicted molar refractivity (Wildman–Crippen MR) is 119 cm³/mol. The number of aliphatic hydroxyl groups is 2. The van der Waals surface area contributed by atoms with Crippen LogP contribution < -0.4 is 18.9 Å². The van der Waals surface area contributed by atoms with E-state index in [1.54, 1.807) is 30.3 Å². The zero-order valence-corrected chi connectivity index (χ0v) is 18.4. The number of ketones is 1. The number of hydrogen-bond donors (Lipinski definition) is 5. The van der Waals surface area contributed by atoms with Crippen LogP contribution in [0.15, 0.2) is 48.5 Å². The van der Waals surface area contributed by atoms with E-state index in [1.807, 2.05) is 0 Å². The third kappa shape index (κ3) is 3.72. The molecule has 10 heteroatoms. The van der Waals surface area contributed by atoms with E-state index in [-0.39, 0.29) is 45.6 Å². The van der Waals surface area contributed by atoms with Crippen LogP contribution in [0.1, 0.15) is 33.7 Å². The van der Waals surface area contributed by atoms with Crippen molar-refractivity contribution < 1.29 is 49.3 Å². The Labute approximate surface area is 199 Å². The molecule has 4 atom stereocenters. The zero-order chi connectivity index (χ0) is 24.9. The smallest absolute Gasteiger partial charge is 0.202 e. The van der Waals surface area contributed by atoms with Gasteiger partial charge in [0.1, 0.15) is 22.8 Å². The number of methoxy groups -OCH3 is 1. The first kappa shape index (κ1) is 22.6. The molecule has 35 heavy (non-hydrogen) atoms. The normalized spacial score (nSPS) is 22.8. The van der Waals surface area contributed by atoms with Crippen LogP contribution in [0.3, 0.4) is 0 Å². The van der Waals surface area contributed by atoms with E-state index in [0.717, 1.165) is 6.07 Å². The molecule has 0 bridgehead atoms. The maximum absolute atomic E-state index is 12.8. The molecular weight excluding hydrogens is 460 g/mol. The molecular formula is C25H22O10. The van der Waals surface area contributed by atoms with Crippen LogP contribution in [0, 0.1) is 0 Å². The Balaban J connectivity index is 1.53. The van der Waals surface area contributed by atoms with Gasteiger partial charge < -0.3 is 44.5 Å². The summed E-state index contributed by atoms with van der Waals surface area (Å²) in [4.78, 5) is 12.8. The maximum atomic E-state index is 12.8. The SMILES string of the molecule is COc1cc(C2Oc3cccc([C@H]4Oc5cc(O)cc(O)c5C(=O)[C@@H]4O)c3OC2CO)ccc1O. The van der Waals surface area contributed by atoms with Crippen molar-refractivity contribution in [1.82, 2.24) is 0 Å². The van der Waals surface area contributed by atoms with Crippen LogP contribution in [0.2, 0.25) is 0 Å². The highest BCUT2D eigenvalue weighted by Crippen LogP contribution is 2.48. The van der Waals surface area contributed by atoms with Crippen LogP contribution in [0.4, 0.5) is 0 Å². The lowest BCUT2D eigenvalue weighted by atomic mass is 9.91. The quantitative estimate of drug-likeness (QED) is 0.374. The standard InChI is InChI=1S/C25H22O10/c1-32-17-7-11(5-6-14(17)28)23-19(10-26)35-24-13(3-2-4-16(24)33-23)25-22(31)21(30)20-15(29)8-12(27)9-18(20)34-25/h2-9,19,22-23,25-29,31H,10H2,1H3/t19?,22-,23?,25+/m0/s1. The second kappa shape index (κ2) is 8.57. The summed E-state index contributed by atoms with van der Waals surface area (Å²) >= 11 is 0. The number of aromatic hydroxyl groups is 3. The zero-order valence-electron chi connectivity index (χ0n) is 18.4. The lowest BCUT2D eigenvalue weighted by Gasteiger charge is -2.37. The molecule has 0 spiro atoms. The van der Waals surface area contributed by atoms with Gasteiger partial charge in [0.25, 0.3) is 0 Å². The molecule has 2 unspecified atom stereocenters. The first-order chi connectivity index (χ1) is 16.8. The Bertz CT molecular complexity index is 1300. The number of phenolic OH excluding ortho intramolecular Hbond substituents is 3. The lowest BCUT2D eigenvalue weighted by molar-refractivity contribution is -0.0184. The van der Waals surface area contributed by atoms with Gasteiger partial charge in [-0.25, -0.2) is 0 Å². The summed E-state index contributed by atoms with van der Waals surface area (Å²) < 4.78 is 23.2. The average Bonchev–Trinajstić information content (AvgIpc) is 2.85. The van der Waals surface area contributed by atoms with E-state index in [1.165, 1.54) is 19.2 Å². The Hall–Kier alpha value is -4.15. The summed E-state index contributed by atoms with van der Waals surface area (Å²) in [6, 6.07) is 11.6. The second-order valence-electron chi connectivity index (χ2n) is 8.17. The molecule has 5 rings (SSSR count). The van der Waals surface area contributed by atoms with Crippen molar-refractivity contribution in [3.05, 3.63) is 65.2 Å². The number of benzene rings is 3. The summed E-state index contributed by atoms with van der Waals surface area (Å²) in [6.07, 6.45) is -4.56. The molecule has 0 radical (unpaired) electrons. The minimum absolute atomic E-state index is 0.0540. The fourth-order valence-electron chi connectivity index (χ4n) is 4.34. The highest BCUT2D eigenvalue weighted by molar-refractivity contribution is 6.05. The molecule has 0 amide bonds. The number of hydrogen-bond acceptors (Lipinski definition) is 10. The minimum Gasteiger partial charge on any atom is -0.508 e. The van der Waals surface area contributed by atoms with Gasteiger partial charge in [0.2, 0.25) is 5.78 Å². The minimum atomic E-state index is -1.68. The average molecular weight is 482 g/mol. The van der Waals surface area contributed by atoms with Gasteiger partial charge in [-0.1, -0.05) is 18.2 Å². The summed E-state index contributed by atoms with van der Waals surface area (Å²) in [5.74, 6) is -1.08. The summed E-state index contributed by atoms with van der Waals surface area (Å²) in [6.45, 7) is -0.431. The molecule has 0 aromatic heterocycles. The van der Waals surface area contributed by atoms with Gasteiger partial charge in [-0.15, -0.1) is 0 Å². The Morgan fingerprint density at radius 3 is 2.43 bits per heavy atom. The molecule has 0 saturated heterocycles. The van der Waals surface area contributed by atoms with Crippen molar-refractivity contribution in [2.45, 2.75) is 24.4 Å². The van der Waals surface area contributed by atoms with Crippen molar-refractivity contribution in [1.29, 1.82) is 0 Å². The first-order valence-electron chi connectivity index (χ1n) is 10.7. The first-order valence-corrected chi connectivity index (χ1v) is 10.7. The molecule has 0 fully saturated rings. The van der Waals surface area contributed by atoms with Crippen LogP contribution >= 0.6 is 0 Å². The van der Waals surface area contributed by atoms with Crippen molar-refractivity contribution in [3.8, 4) is 40.2 Å². The molecule has 10 nitrogen and oxygen atoms in total. The van der Waals surface area contributed by atoms with Crippen LogP contribution in [-0.4, -0.2) is 57.2 Å². The number of aliphatic hydroxyl groups excluding tert-OH is 2. The van der Waals surface area contributed by atoms with Gasteiger partial charge >= 0.3 is 0 Å². The largest absolute Gasteiger partial charge is 0.508 e. The number of carbonyl (C=O) groups is 1. The molecule has 0 saturated carbocycles. The van der Waals surface area contributed by atoms with E-state index >= 15 is 0 Å². The highest BCUT2D eigenvalue weighted by Gasteiger charge is 2.43. The molecule has 2 aliphatic rings. The summed E-state index contributed by atoms with van der Waals surface area (Å²) in [5, 5.41) is 50.6. The lowest BCUT2D eigenvalue weighted by Crippen LogP contribution is -2.39. The van der Waals surface area contributed by atoms with Gasteiger partial charge in [0.05, 0.1) is 13.7 Å². The topological polar surface area (TPSA) is 155 Å². The van der Waals surface area contributed by atoms with E-state index in [0.29, 0.717) is 5.56 Å². The van der Waals surface area contributed by atoms with Crippen LogP contribution in [-0.2, 0) is 0 Å². The highest BCUT2D eigenvalue weighted by atomic mass is 16.6. The van der Waals surface area contributed by atoms with Gasteiger partial charge in [0.15, 0.2) is 47.4 Å². The van der Waals surface area contributed by atoms with Gasteiger partial charge in [-0.3, -0.25) is 4.79 Å². The fraction of sp³-hybridized carbons (Fsp3) is 0.240. The van der Waals surface area contributed by atoms with E-state index in [2.05, 4.69) is 0 Å². The van der Waals surface area contributed by atoms with Crippen molar-refractivity contribution in [2.75, 3.05) is 13.7 Å². The third-order valence-corrected chi connectivity index (χ3v) is 6.01. The van der Waals surface area contributed by atoms with Crippen molar-refractivity contribution in [3.63, 3.8) is 0 Å². The number of rotatable bonds is 4. The van der Waals surface area contributed by atoms with Crippen LogP contribution in [0.5, 0.6) is 40.2 Å². The summed E-state index contributed by atoms with van der Waals surface area (Å²) in [5.41, 5.74) is 0.624. The molecule has 2 aliphatic heterocycles. The number of fused-ring (bicyclic) bond motifs is 2. The molecule has 5 N–H and O–H groups in total. The number of para-hydroxylation sites is 1. The fourth-order valence-corrected chi connectivity index (χ4v) is 4.34. The Morgan fingerprint density at radius 1 is 0.914 bits per heavy atom. The number of ether oxygens (including phenoxy) is 4. The number of carbonyl (C=O) groups excluding carboxylic acids is 1. The van der Waals surface area contributed by atoms with Crippen LogP contribution in [0.25, 0.3) is 0 Å². The summed E-state index contributed by atoms with van der Waals surface area (Å²) in [7, 11) is 1.41. The monoisotopic (exact) mass is 482 g/mol. The van der Waals surface area contributed by atoms with E-state index in [9.17, 15) is 30.3 Å². The molecule has 0 aliphatic carbocycles.